The molecule has 0 radical (unpaired) electrons. The van der Waals surface area contributed by atoms with Gasteiger partial charge in [-0.25, -0.2) is 4.79 Å². The SMILES string of the molecule is COC(=O)C(C)NC(=O)CCCl. The van der Waals surface area contributed by atoms with E-state index in [0.717, 1.165) is 0 Å². The Kier molecular flexibility index (Phi) is 5.45. The van der Waals surface area contributed by atoms with Crippen LogP contribution in [0.1, 0.15) is 13.3 Å². The molecule has 0 heterocycles. The standard InChI is InChI=1S/C7H12ClNO3/c1-5(7(11)12-2)9-6(10)3-4-8/h5H,3-4H2,1-2H3,(H,9,10). The molecule has 0 saturated carbocycles. The predicted octanol–water partition coefficient (Wildman–Crippen LogP) is 0.293. The Morgan fingerprint density at radius 2 is 2.17 bits per heavy atom. The summed E-state index contributed by atoms with van der Waals surface area (Å²) in [6, 6.07) is -0.606. The van der Waals surface area contributed by atoms with Crippen LogP contribution in [-0.4, -0.2) is 30.9 Å². The molecule has 0 aromatic carbocycles. The molecule has 1 unspecified atom stereocenters. The Bertz CT molecular complexity index is 172. The summed E-state index contributed by atoms with van der Waals surface area (Å²) in [6.45, 7) is 1.55. The highest BCUT2D eigenvalue weighted by Gasteiger charge is 2.14. The second-order valence-corrected chi connectivity index (χ2v) is 2.63. The third-order valence-corrected chi connectivity index (χ3v) is 1.44. The summed E-state index contributed by atoms with van der Waals surface area (Å²) in [5.41, 5.74) is 0. The lowest BCUT2D eigenvalue weighted by atomic mass is 10.3. The van der Waals surface area contributed by atoms with Gasteiger partial charge >= 0.3 is 5.97 Å². The quantitative estimate of drug-likeness (QED) is 0.516. The third kappa shape index (κ3) is 4.18. The van der Waals surface area contributed by atoms with Crippen molar-refractivity contribution in [1.82, 2.24) is 5.32 Å². The van der Waals surface area contributed by atoms with Crippen molar-refractivity contribution in [2.24, 2.45) is 0 Å². The Morgan fingerprint density at radius 3 is 2.58 bits per heavy atom. The molecule has 0 bridgehead atoms. The maximum atomic E-state index is 10.9. The third-order valence-electron chi connectivity index (χ3n) is 1.25. The normalized spacial score (nSPS) is 11.9. The Balaban J connectivity index is 3.75. The van der Waals surface area contributed by atoms with Crippen LogP contribution in [0.25, 0.3) is 0 Å². The lowest BCUT2D eigenvalue weighted by molar-refractivity contribution is -0.144. The number of nitrogens with one attached hydrogen (secondary N) is 1. The second-order valence-electron chi connectivity index (χ2n) is 2.25. The van der Waals surface area contributed by atoms with Crippen LogP contribution in [0.4, 0.5) is 0 Å². The van der Waals surface area contributed by atoms with Crippen LogP contribution in [0, 0.1) is 0 Å². The number of carbonyl (C=O) groups excluding carboxylic acids is 2. The molecule has 1 N–H and O–H groups in total. The molecule has 1 atom stereocenters. The van der Waals surface area contributed by atoms with E-state index in [4.69, 9.17) is 11.6 Å². The fourth-order valence-electron chi connectivity index (χ4n) is 0.635. The lowest BCUT2D eigenvalue weighted by Crippen LogP contribution is -2.39. The smallest absolute Gasteiger partial charge is 0.328 e. The summed E-state index contributed by atoms with van der Waals surface area (Å²) in [5, 5.41) is 2.43. The average Bonchev–Trinajstić information content (AvgIpc) is 2.03. The molecule has 0 aliphatic rings. The summed E-state index contributed by atoms with van der Waals surface area (Å²) in [6.07, 6.45) is 0.211. The van der Waals surface area contributed by atoms with Crippen LogP contribution in [0.3, 0.4) is 0 Å². The lowest BCUT2D eigenvalue weighted by Gasteiger charge is -2.10. The number of hydrogen-bond donors (Lipinski definition) is 1. The van der Waals surface area contributed by atoms with Crippen molar-refractivity contribution in [3.8, 4) is 0 Å². The summed E-state index contributed by atoms with van der Waals surface area (Å²) in [5.74, 6) is -0.458. The van der Waals surface area contributed by atoms with Gasteiger partial charge in [-0.3, -0.25) is 4.79 Å². The van der Waals surface area contributed by atoms with Crippen molar-refractivity contribution >= 4 is 23.5 Å². The van der Waals surface area contributed by atoms with E-state index in [1.165, 1.54) is 7.11 Å². The van der Waals surface area contributed by atoms with Gasteiger partial charge in [-0.05, 0) is 6.92 Å². The van der Waals surface area contributed by atoms with E-state index in [-0.39, 0.29) is 18.2 Å². The number of amides is 1. The van der Waals surface area contributed by atoms with E-state index in [1.54, 1.807) is 6.92 Å². The van der Waals surface area contributed by atoms with E-state index in [0.29, 0.717) is 0 Å². The summed E-state index contributed by atoms with van der Waals surface area (Å²) < 4.78 is 4.40. The van der Waals surface area contributed by atoms with Gasteiger partial charge in [0, 0.05) is 12.3 Å². The van der Waals surface area contributed by atoms with E-state index < -0.39 is 12.0 Å². The van der Waals surface area contributed by atoms with Gasteiger partial charge < -0.3 is 10.1 Å². The van der Waals surface area contributed by atoms with E-state index in [1.807, 2.05) is 0 Å². The average molecular weight is 194 g/mol. The zero-order valence-corrected chi connectivity index (χ0v) is 7.85. The molecule has 12 heavy (non-hydrogen) atoms. The number of ether oxygens (including phenoxy) is 1. The van der Waals surface area contributed by atoms with Crippen LogP contribution in [0.5, 0.6) is 0 Å². The molecule has 5 heteroatoms. The first-order chi connectivity index (χ1) is 5.61. The van der Waals surface area contributed by atoms with Crippen LogP contribution >= 0.6 is 11.6 Å². The van der Waals surface area contributed by atoms with Crippen LogP contribution in [0.15, 0.2) is 0 Å². The summed E-state index contributed by atoms with van der Waals surface area (Å²) in [7, 11) is 1.27. The molecule has 0 spiro atoms. The topological polar surface area (TPSA) is 55.4 Å². The number of methoxy groups -OCH3 is 1. The van der Waals surface area contributed by atoms with Crippen molar-refractivity contribution in [2.75, 3.05) is 13.0 Å². The minimum Gasteiger partial charge on any atom is -0.467 e. The van der Waals surface area contributed by atoms with Gasteiger partial charge in [0.1, 0.15) is 6.04 Å². The molecule has 0 rings (SSSR count). The van der Waals surface area contributed by atoms with Crippen molar-refractivity contribution < 1.29 is 14.3 Å². The molecule has 4 nitrogen and oxygen atoms in total. The number of rotatable bonds is 4. The van der Waals surface area contributed by atoms with Crippen molar-refractivity contribution in [3.63, 3.8) is 0 Å². The molecule has 70 valence electrons. The Hall–Kier alpha value is -0.770. The monoisotopic (exact) mass is 193 g/mol. The van der Waals surface area contributed by atoms with E-state index in [9.17, 15) is 9.59 Å². The van der Waals surface area contributed by atoms with E-state index in [2.05, 4.69) is 10.1 Å². The van der Waals surface area contributed by atoms with Gasteiger partial charge in [0.2, 0.25) is 5.91 Å². The molecule has 0 aromatic rings. The van der Waals surface area contributed by atoms with Gasteiger partial charge in [0.15, 0.2) is 0 Å². The number of esters is 1. The van der Waals surface area contributed by atoms with Crippen LogP contribution < -0.4 is 5.32 Å². The number of alkyl halides is 1. The summed E-state index contributed by atoms with van der Waals surface area (Å²) in [4.78, 5) is 21.7. The number of halogens is 1. The molecule has 0 aromatic heterocycles. The van der Waals surface area contributed by atoms with Gasteiger partial charge in [-0.1, -0.05) is 0 Å². The molecule has 1 amide bonds. The summed E-state index contributed by atoms with van der Waals surface area (Å²) >= 11 is 5.32. The van der Waals surface area contributed by atoms with Gasteiger partial charge in [-0.15, -0.1) is 11.6 Å². The zero-order valence-electron chi connectivity index (χ0n) is 7.09. The highest BCUT2D eigenvalue weighted by Crippen LogP contribution is 1.89. The van der Waals surface area contributed by atoms with Crippen molar-refractivity contribution in [2.45, 2.75) is 19.4 Å². The molecule has 0 aliphatic carbocycles. The highest BCUT2D eigenvalue weighted by atomic mass is 35.5. The van der Waals surface area contributed by atoms with Crippen LogP contribution in [0.2, 0.25) is 0 Å². The minimum absolute atomic E-state index is 0.211. The van der Waals surface area contributed by atoms with E-state index >= 15 is 0 Å². The molecular weight excluding hydrogens is 182 g/mol. The molecule has 0 aliphatic heterocycles. The largest absolute Gasteiger partial charge is 0.467 e. The molecule has 0 fully saturated rings. The first kappa shape index (κ1) is 11.2. The first-order valence-corrected chi connectivity index (χ1v) is 4.08. The zero-order chi connectivity index (χ0) is 9.56. The minimum atomic E-state index is -0.606. The Morgan fingerprint density at radius 1 is 1.58 bits per heavy atom. The fourth-order valence-corrected chi connectivity index (χ4v) is 0.807. The van der Waals surface area contributed by atoms with Gasteiger partial charge in [0.25, 0.3) is 0 Å². The second kappa shape index (κ2) is 5.83. The predicted molar refractivity (Wildman–Crippen MR) is 45.0 cm³/mol. The maximum absolute atomic E-state index is 10.9. The van der Waals surface area contributed by atoms with Gasteiger partial charge in [-0.2, -0.15) is 0 Å². The van der Waals surface area contributed by atoms with Gasteiger partial charge in [0.05, 0.1) is 7.11 Å². The van der Waals surface area contributed by atoms with Crippen molar-refractivity contribution in [1.29, 1.82) is 0 Å². The van der Waals surface area contributed by atoms with Crippen LogP contribution in [-0.2, 0) is 14.3 Å². The number of hydrogen-bond acceptors (Lipinski definition) is 3. The molecule has 0 saturated heterocycles. The van der Waals surface area contributed by atoms with Crippen molar-refractivity contribution in [3.05, 3.63) is 0 Å². The number of carbonyl (C=O) groups is 2. The fraction of sp³-hybridized carbons (Fsp3) is 0.714. The highest BCUT2D eigenvalue weighted by molar-refractivity contribution is 6.18. The molecular formula is C7H12ClNO3. The maximum Gasteiger partial charge on any atom is 0.328 e. The Labute approximate surface area is 76.2 Å². The first-order valence-electron chi connectivity index (χ1n) is 3.55.